The monoisotopic (exact) mass is 564 g/mol. The summed E-state index contributed by atoms with van der Waals surface area (Å²) in [6.07, 6.45) is 0. The first-order valence-electron chi connectivity index (χ1n) is 10.5. The standard InChI is InChI=1S/C24H22BrFN2O4S2/c25-18-3-7-20(8-4-18)33-23-10-9-21(34(30,31)28-11-13-32-14-12-28)15-22(23)24(29)27-16-17-1-5-19(26)6-2-17/h1-10,15H,11-14,16H2,(H,27,29). The molecule has 6 nitrogen and oxygen atoms in total. The average molecular weight is 565 g/mol. The maximum Gasteiger partial charge on any atom is 0.252 e. The molecule has 0 spiro atoms. The van der Waals surface area contributed by atoms with Crippen molar-refractivity contribution >= 4 is 43.6 Å². The van der Waals surface area contributed by atoms with Crippen LogP contribution in [0.3, 0.4) is 0 Å². The maximum absolute atomic E-state index is 13.2. The van der Waals surface area contributed by atoms with Crippen LogP contribution in [0.1, 0.15) is 15.9 Å². The molecule has 0 unspecified atom stereocenters. The molecule has 10 heteroatoms. The van der Waals surface area contributed by atoms with Crippen molar-refractivity contribution in [1.82, 2.24) is 9.62 Å². The summed E-state index contributed by atoms with van der Waals surface area (Å²) in [4.78, 5) is 14.8. The zero-order valence-corrected chi connectivity index (χ0v) is 21.3. The second kappa shape index (κ2) is 11.0. The lowest BCUT2D eigenvalue weighted by Gasteiger charge is -2.26. The van der Waals surface area contributed by atoms with Crippen LogP contribution in [0.25, 0.3) is 0 Å². The Kier molecular flexibility index (Phi) is 8.05. The minimum Gasteiger partial charge on any atom is -0.379 e. The number of nitrogens with one attached hydrogen (secondary N) is 1. The summed E-state index contributed by atoms with van der Waals surface area (Å²) >= 11 is 4.78. The lowest BCUT2D eigenvalue weighted by atomic mass is 10.2. The van der Waals surface area contributed by atoms with Gasteiger partial charge in [0.2, 0.25) is 10.0 Å². The highest BCUT2D eigenvalue weighted by atomic mass is 79.9. The maximum atomic E-state index is 13.2. The van der Waals surface area contributed by atoms with Gasteiger partial charge in [0.1, 0.15) is 5.82 Å². The van der Waals surface area contributed by atoms with Gasteiger partial charge in [-0.2, -0.15) is 4.31 Å². The quantitative estimate of drug-likeness (QED) is 0.450. The van der Waals surface area contributed by atoms with Gasteiger partial charge in [-0.1, -0.05) is 39.8 Å². The van der Waals surface area contributed by atoms with Gasteiger partial charge in [0.05, 0.1) is 23.7 Å². The highest BCUT2D eigenvalue weighted by Gasteiger charge is 2.28. The van der Waals surface area contributed by atoms with E-state index in [9.17, 15) is 17.6 Å². The Bertz CT molecular complexity index is 1260. The van der Waals surface area contributed by atoms with Crippen molar-refractivity contribution in [2.24, 2.45) is 0 Å². The number of sulfonamides is 1. The smallest absolute Gasteiger partial charge is 0.252 e. The van der Waals surface area contributed by atoms with E-state index in [1.165, 1.54) is 40.3 Å². The van der Waals surface area contributed by atoms with E-state index in [0.29, 0.717) is 18.1 Å². The third-order valence-corrected chi connectivity index (χ3v) is 8.72. The molecule has 34 heavy (non-hydrogen) atoms. The molecule has 1 heterocycles. The SMILES string of the molecule is O=C(NCc1ccc(F)cc1)c1cc(S(=O)(=O)N2CCOCC2)ccc1Sc1ccc(Br)cc1. The second-order valence-corrected chi connectivity index (χ2v) is 11.5. The second-order valence-electron chi connectivity index (χ2n) is 7.54. The molecular weight excluding hydrogens is 543 g/mol. The molecule has 1 aliphatic heterocycles. The van der Waals surface area contributed by atoms with Crippen LogP contribution in [-0.4, -0.2) is 44.9 Å². The summed E-state index contributed by atoms with van der Waals surface area (Å²) < 4.78 is 47.1. The molecular formula is C24H22BrFN2O4S2. The molecule has 0 aromatic heterocycles. The Hall–Kier alpha value is -2.24. The Morgan fingerprint density at radius 1 is 1.03 bits per heavy atom. The molecule has 0 aliphatic carbocycles. The van der Waals surface area contributed by atoms with Crippen molar-refractivity contribution in [3.05, 3.63) is 88.1 Å². The molecule has 0 saturated carbocycles. The number of morpholine rings is 1. The summed E-state index contributed by atoms with van der Waals surface area (Å²) in [6, 6.07) is 18.1. The van der Waals surface area contributed by atoms with Crippen LogP contribution in [-0.2, 0) is 21.3 Å². The fourth-order valence-electron chi connectivity index (χ4n) is 3.38. The van der Waals surface area contributed by atoms with Crippen LogP contribution in [0.15, 0.2) is 85.9 Å². The Morgan fingerprint density at radius 2 is 1.71 bits per heavy atom. The minimum absolute atomic E-state index is 0.0569. The molecule has 3 aromatic rings. The van der Waals surface area contributed by atoms with Crippen LogP contribution >= 0.6 is 27.7 Å². The zero-order valence-electron chi connectivity index (χ0n) is 18.0. The van der Waals surface area contributed by atoms with Gasteiger partial charge in [-0.15, -0.1) is 0 Å². The van der Waals surface area contributed by atoms with Crippen molar-refractivity contribution in [3.8, 4) is 0 Å². The van der Waals surface area contributed by atoms with Gasteiger partial charge in [0.15, 0.2) is 0 Å². The summed E-state index contributed by atoms with van der Waals surface area (Å²) in [5, 5.41) is 2.82. The number of hydrogen-bond donors (Lipinski definition) is 1. The number of rotatable bonds is 7. The topological polar surface area (TPSA) is 75.7 Å². The van der Waals surface area contributed by atoms with Crippen molar-refractivity contribution in [3.63, 3.8) is 0 Å². The third kappa shape index (κ3) is 6.05. The van der Waals surface area contributed by atoms with E-state index < -0.39 is 15.9 Å². The molecule has 1 N–H and O–H groups in total. The van der Waals surface area contributed by atoms with E-state index in [1.807, 2.05) is 24.3 Å². The number of carbonyl (C=O) groups excluding carboxylic acids is 1. The zero-order chi connectivity index (χ0) is 24.1. The normalized spacial score (nSPS) is 14.6. The van der Waals surface area contributed by atoms with E-state index in [0.717, 1.165) is 14.9 Å². The fourth-order valence-corrected chi connectivity index (χ4v) is 6.00. The number of carbonyl (C=O) groups is 1. The van der Waals surface area contributed by atoms with E-state index >= 15 is 0 Å². The van der Waals surface area contributed by atoms with Gasteiger partial charge in [-0.25, -0.2) is 12.8 Å². The summed E-state index contributed by atoms with van der Waals surface area (Å²) in [7, 11) is -3.77. The molecule has 1 amide bonds. The highest BCUT2D eigenvalue weighted by Crippen LogP contribution is 2.33. The van der Waals surface area contributed by atoms with Crippen molar-refractivity contribution in [2.45, 2.75) is 21.2 Å². The van der Waals surface area contributed by atoms with Gasteiger partial charge in [0.25, 0.3) is 5.91 Å². The number of benzene rings is 3. The van der Waals surface area contributed by atoms with Crippen LogP contribution in [0, 0.1) is 5.82 Å². The lowest BCUT2D eigenvalue weighted by Crippen LogP contribution is -2.40. The average Bonchev–Trinajstić information content (AvgIpc) is 2.85. The Balaban J connectivity index is 1.64. The van der Waals surface area contributed by atoms with Gasteiger partial charge < -0.3 is 10.1 Å². The van der Waals surface area contributed by atoms with E-state index in [-0.39, 0.29) is 35.9 Å². The molecule has 3 aromatic carbocycles. The Labute approximate surface area is 210 Å². The van der Waals surface area contributed by atoms with Gasteiger partial charge in [0, 0.05) is 33.9 Å². The van der Waals surface area contributed by atoms with Crippen LogP contribution in [0.4, 0.5) is 4.39 Å². The van der Waals surface area contributed by atoms with Crippen molar-refractivity contribution < 1.29 is 22.3 Å². The first-order chi connectivity index (χ1) is 16.3. The molecule has 0 atom stereocenters. The van der Waals surface area contributed by atoms with Crippen LogP contribution in [0.5, 0.6) is 0 Å². The molecule has 1 fully saturated rings. The first kappa shape index (κ1) is 24.9. The summed E-state index contributed by atoms with van der Waals surface area (Å²) in [6.45, 7) is 1.39. The molecule has 178 valence electrons. The summed E-state index contributed by atoms with van der Waals surface area (Å²) in [5.41, 5.74) is 0.985. The van der Waals surface area contributed by atoms with E-state index in [1.54, 1.807) is 18.2 Å². The van der Waals surface area contributed by atoms with E-state index in [4.69, 9.17) is 4.74 Å². The van der Waals surface area contributed by atoms with Gasteiger partial charge >= 0.3 is 0 Å². The van der Waals surface area contributed by atoms with Gasteiger partial charge in [-0.05, 0) is 60.2 Å². The van der Waals surface area contributed by atoms with Crippen LogP contribution in [0.2, 0.25) is 0 Å². The molecule has 4 rings (SSSR count). The van der Waals surface area contributed by atoms with Crippen LogP contribution < -0.4 is 5.32 Å². The molecule has 0 bridgehead atoms. The predicted molar refractivity (Wildman–Crippen MR) is 132 cm³/mol. The predicted octanol–water partition coefficient (Wildman–Crippen LogP) is 4.69. The molecule has 0 radical (unpaired) electrons. The first-order valence-corrected chi connectivity index (χ1v) is 13.6. The number of hydrogen-bond acceptors (Lipinski definition) is 5. The highest BCUT2D eigenvalue weighted by molar-refractivity contribution is 9.10. The van der Waals surface area contributed by atoms with Crippen molar-refractivity contribution in [2.75, 3.05) is 26.3 Å². The number of nitrogens with zero attached hydrogens (tertiary/aromatic N) is 1. The number of ether oxygens (including phenoxy) is 1. The minimum atomic E-state index is -3.77. The number of amides is 1. The molecule has 1 saturated heterocycles. The van der Waals surface area contributed by atoms with Gasteiger partial charge in [-0.3, -0.25) is 4.79 Å². The van der Waals surface area contributed by atoms with Crippen molar-refractivity contribution in [1.29, 1.82) is 0 Å². The third-order valence-electron chi connectivity index (χ3n) is 5.21. The molecule has 1 aliphatic rings. The number of halogens is 2. The lowest BCUT2D eigenvalue weighted by molar-refractivity contribution is 0.0730. The summed E-state index contributed by atoms with van der Waals surface area (Å²) in [5.74, 6) is -0.771. The fraction of sp³-hybridized carbons (Fsp3) is 0.208. The largest absolute Gasteiger partial charge is 0.379 e. The Morgan fingerprint density at radius 3 is 2.38 bits per heavy atom. The van der Waals surface area contributed by atoms with E-state index in [2.05, 4.69) is 21.2 Å².